The van der Waals surface area contributed by atoms with Gasteiger partial charge in [0.2, 0.25) is 5.91 Å². The summed E-state index contributed by atoms with van der Waals surface area (Å²) in [6.07, 6.45) is 1.77. The molecular formula is C14H20N4O3. The first kappa shape index (κ1) is 15.2. The Morgan fingerprint density at radius 3 is 2.90 bits per heavy atom. The van der Waals surface area contributed by atoms with E-state index in [1.165, 1.54) is 21.7 Å². The Morgan fingerprint density at radius 2 is 2.19 bits per heavy atom. The molecule has 2 amide bonds. The summed E-state index contributed by atoms with van der Waals surface area (Å²) in [6.45, 7) is 5.08. The first-order valence-electron chi connectivity index (χ1n) is 7.21. The fourth-order valence-corrected chi connectivity index (χ4v) is 2.24. The van der Waals surface area contributed by atoms with Crippen molar-refractivity contribution >= 4 is 11.8 Å². The smallest absolute Gasteiger partial charge is 0.275 e. The lowest BCUT2D eigenvalue weighted by atomic mass is 10.2. The second-order valence-corrected chi connectivity index (χ2v) is 5.10. The molecule has 7 nitrogen and oxygen atoms in total. The van der Waals surface area contributed by atoms with Gasteiger partial charge in [0.15, 0.2) is 0 Å². The van der Waals surface area contributed by atoms with E-state index in [9.17, 15) is 14.4 Å². The summed E-state index contributed by atoms with van der Waals surface area (Å²) >= 11 is 0. The van der Waals surface area contributed by atoms with Crippen LogP contribution in [0.4, 0.5) is 0 Å². The summed E-state index contributed by atoms with van der Waals surface area (Å²) in [5, 5.41) is 6.83. The van der Waals surface area contributed by atoms with Gasteiger partial charge in [0.1, 0.15) is 11.7 Å². The molecule has 0 aromatic carbocycles. The Morgan fingerprint density at radius 1 is 1.43 bits per heavy atom. The fourth-order valence-electron chi connectivity index (χ4n) is 2.24. The molecule has 0 aliphatic carbocycles. The average molecular weight is 292 g/mol. The zero-order valence-electron chi connectivity index (χ0n) is 12.3. The van der Waals surface area contributed by atoms with Gasteiger partial charge in [-0.15, -0.1) is 0 Å². The number of piperazine rings is 1. The highest BCUT2D eigenvalue weighted by Crippen LogP contribution is 2.08. The Kier molecular flexibility index (Phi) is 4.72. The lowest BCUT2D eigenvalue weighted by Gasteiger charge is -2.32. The topological polar surface area (TPSA) is 84.3 Å². The normalized spacial score (nSPS) is 18.5. The van der Waals surface area contributed by atoms with Gasteiger partial charge >= 0.3 is 0 Å². The van der Waals surface area contributed by atoms with Gasteiger partial charge in [0.25, 0.3) is 11.5 Å². The van der Waals surface area contributed by atoms with E-state index in [1.54, 1.807) is 6.92 Å². The van der Waals surface area contributed by atoms with Crippen LogP contribution < -0.4 is 10.9 Å². The Labute approximate surface area is 122 Å². The van der Waals surface area contributed by atoms with Crippen molar-refractivity contribution in [2.24, 2.45) is 0 Å². The van der Waals surface area contributed by atoms with Crippen molar-refractivity contribution in [3.63, 3.8) is 0 Å². The van der Waals surface area contributed by atoms with E-state index in [-0.39, 0.29) is 23.1 Å². The molecule has 2 rings (SSSR count). The van der Waals surface area contributed by atoms with Crippen LogP contribution in [0, 0.1) is 0 Å². The molecule has 0 saturated carbocycles. The van der Waals surface area contributed by atoms with Crippen LogP contribution in [0.2, 0.25) is 0 Å². The molecule has 21 heavy (non-hydrogen) atoms. The zero-order chi connectivity index (χ0) is 15.4. The Hall–Kier alpha value is -2.18. The highest BCUT2D eigenvalue weighted by Gasteiger charge is 2.30. The largest absolute Gasteiger partial charge is 0.353 e. The van der Waals surface area contributed by atoms with Crippen molar-refractivity contribution < 1.29 is 9.59 Å². The first-order chi connectivity index (χ1) is 10.0. The lowest BCUT2D eigenvalue weighted by Crippen LogP contribution is -2.56. The number of nitrogens with zero attached hydrogens (tertiary/aromatic N) is 3. The Balaban J connectivity index is 2.22. The minimum atomic E-state index is -0.524. The molecule has 0 bridgehead atoms. The van der Waals surface area contributed by atoms with Gasteiger partial charge in [-0.25, -0.2) is 4.68 Å². The van der Waals surface area contributed by atoms with Gasteiger partial charge in [0.05, 0.1) is 0 Å². The summed E-state index contributed by atoms with van der Waals surface area (Å²) in [5.74, 6) is -0.489. The van der Waals surface area contributed by atoms with E-state index < -0.39 is 6.04 Å². The highest BCUT2D eigenvalue weighted by molar-refractivity contribution is 5.96. The molecule has 114 valence electrons. The molecule has 1 aliphatic rings. The monoisotopic (exact) mass is 292 g/mol. The molecule has 1 saturated heterocycles. The van der Waals surface area contributed by atoms with E-state index in [4.69, 9.17) is 0 Å². The molecular weight excluding hydrogens is 272 g/mol. The third-order valence-electron chi connectivity index (χ3n) is 3.57. The third kappa shape index (κ3) is 3.29. The van der Waals surface area contributed by atoms with E-state index in [1.807, 2.05) is 6.92 Å². The summed E-state index contributed by atoms with van der Waals surface area (Å²) in [5.41, 5.74) is -0.0170. The van der Waals surface area contributed by atoms with Crippen LogP contribution in [0.5, 0.6) is 0 Å². The van der Waals surface area contributed by atoms with Gasteiger partial charge in [-0.05, 0) is 19.4 Å². The molecule has 1 atom stereocenters. The quantitative estimate of drug-likeness (QED) is 0.847. The van der Waals surface area contributed by atoms with Crippen LogP contribution in [0.15, 0.2) is 16.9 Å². The number of rotatable bonds is 4. The number of unbranched alkanes of at least 4 members (excludes halogenated alkanes) is 1. The predicted molar refractivity (Wildman–Crippen MR) is 76.9 cm³/mol. The van der Waals surface area contributed by atoms with Gasteiger partial charge < -0.3 is 10.2 Å². The third-order valence-corrected chi connectivity index (χ3v) is 3.57. The molecule has 7 heteroatoms. The fraction of sp³-hybridized carbons (Fsp3) is 0.571. The molecule has 0 spiro atoms. The number of amides is 2. The number of hydrogen-bond donors (Lipinski definition) is 1. The summed E-state index contributed by atoms with van der Waals surface area (Å²) in [6, 6.07) is 2.25. The van der Waals surface area contributed by atoms with E-state index in [0.717, 1.165) is 12.8 Å². The van der Waals surface area contributed by atoms with E-state index >= 15 is 0 Å². The van der Waals surface area contributed by atoms with Crippen molar-refractivity contribution in [3.8, 4) is 0 Å². The van der Waals surface area contributed by atoms with Crippen molar-refractivity contribution in [2.45, 2.75) is 39.3 Å². The SMILES string of the molecule is CCCCn1nc(C(=O)N2CCNC(=O)C2C)ccc1=O. The molecule has 2 heterocycles. The maximum atomic E-state index is 12.5. The van der Waals surface area contributed by atoms with E-state index in [0.29, 0.717) is 19.6 Å². The lowest BCUT2D eigenvalue weighted by molar-refractivity contribution is -0.127. The van der Waals surface area contributed by atoms with Crippen molar-refractivity contribution in [3.05, 3.63) is 28.2 Å². The molecule has 0 radical (unpaired) electrons. The molecule has 1 unspecified atom stereocenters. The number of nitrogens with one attached hydrogen (secondary N) is 1. The number of aryl methyl sites for hydroxylation is 1. The van der Waals surface area contributed by atoms with Crippen LogP contribution in [0.3, 0.4) is 0 Å². The average Bonchev–Trinajstić information content (AvgIpc) is 2.48. The minimum Gasteiger partial charge on any atom is -0.353 e. The predicted octanol–water partition coefficient (Wildman–Crippen LogP) is 0.00390. The molecule has 1 aromatic rings. The van der Waals surface area contributed by atoms with Crippen molar-refractivity contribution in [2.75, 3.05) is 13.1 Å². The summed E-state index contributed by atoms with van der Waals surface area (Å²) < 4.78 is 1.31. The molecule has 1 aromatic heterocycles. The van der Waals surface area contributed by atoms with Crippen LogP contribution in [0.25, 0.3) is 0 Å². The maximum absolute atomic E-state index is 12.5. The number of carbonyl (C=O) groups excluding carboxylic acids is 2. The van der Waals surface area contributed by atoms with Gasteiger partial charge in [-0.3, -0.25) is 14.4 Å². The standard InChI is InChI=1S/C14H20N4O3/c1-3-4-8-18-12(19)6-5-11(16-18)14(21)17-9-7-15-13(20)10(17)2/h5-6,10H,3-4,7-9H2,1-2H3,(H,15,20). The highest BCUT2D eigenvalue weighted by atomic mass is 16.2. The van der Waals surface area contributed by atoms with Gasteiger partial charge in [-0.1, -0.05) is 13.3 Å². The first-order valence-corrected chi connectivity index (χ1v) is 7.21. The number of carbonyl (C=O) groups is 2. The van der Waals surface area contributed by atoms with Crippen LogP contribution in [0.1, 0.15) is 37.2 Å². The number of hydrogen-bond acceptors (Lipinski definition) is 4. The van der Waals surface area contributed by atoms with Crippen LogP contribution >= 0.6 is 0 Å². The number of aromatic nitrogens is 2. The van der Waals surface area contributed by atoms with Crippen LogP contribution in [-0.2, 0) is 11.3 Å². The van der Waals surface area contributed by atoms with E-state index in [2.05, 4.69) is 10.4 Å². The Bertz CT molecular complexity index is 596. The van der Waals surface area contributed by atoms with Crippen molar-refractivity contribution in [1.29, 1.82) is 0 Å². The molecule has 1 fully saturated rings. The zero-order valence-corrected chi connectivity index (χ0v) is 12.3. The summed E-state index contributed by atoms with van der Waals surface area (Å²) in [7, 11) is 0. The maximum Gasteiger partial charge on any atom is 0.275 e. The molecule has 1 aliphatic heterocycles. The second-order valence-electron chi connectivity index (χ2n) is 5.10. The van der Waals surface area contributed by atoms with Gasteiger partial charge in [-0.2, -0.15) is 5.10 Å². The second kappa shape index (κ2) is 6.51. The minimum absolute atomic E-state index is 0.172. The summed E-state index contributed by atoms with van der Waals surface area (Å²) in [4.78, 5) is 37.3. The molecule has 1 N–H and O–H groups in total. The van der Waals surface area contributed by atoms with Crippen molar-refractivity contribution in [1.82, 2.24) is 20.0 Å². The van der Waals surface area contributed by atoms with Gasteiger partial charge in [0, 0.05) is 25.7 Å². The van der Waals surface area contributed by atoms with Crippen LogP contribution in [-0.4, -0.2) is 45.6 Å².